The van der Waals surface area contributed by atoms with Gasteiger partial charge in [-0.25, -0.2) is 0 Å². The molecule has 1 aromatic carbocycles. The van der Waals surface area contributed by atoms with E-state index in [1.807, 2.05) is 24.3 Å². The summed E-state index contributed by atoms with van der Waals surface area (Å²) in [6.07, 6.45) is 1.51. The van der Waals surface area contributed by atoms with Gasteiger partial charge in [0.15, 0.2) is 0 Å². The number of carbonyl (C=O) groups is 1. The lowest BCUT2D eigenvalue weighted by atomic mass is 10.0. The van der Waals surface area contributed by atoms with Crippen molar-refractivity contribution in [3.63, 3.8) is 0 Å². The molecule has 1 fully saturated rings. The van der Waals surface area contributed by atoms with Crippen LogP contribution < -0.4 is 10.5 Å². The van der Waals surface area contributed by atoms with Crippen LogP contribution in [0.4, 0.5) is 0 Å². The molecule has 0 saturated carbocycles. The van der Waals surface area contributed by atoms with Gasteiger partial charge in [0.1, 0.15) is 5.75 Å². The highest BCUT2D eigenvalue weighted by Gasteiger charge is 2.25. The second-order valence-electron chi connectivity index (χ2n) is 5.22. The molecule has 1 saturated heterocycles. The van der Waals surface area contributed by atoms with Crippen LogP contribution in [0.2, 0.25) is 0 Å². The largest absolute Gasteiger partial charge is 0.497 e. The Labute approximate surface area is 119 Å². The summed E-state index contributed by atoms with van der Waals surface area (Å²) in [6, 6.07) is 7.05. The lowest BCUT2D eigenvalue weighted by Crippen LogP contribution is -2.48. The van der Waals surface area contributed by atoms with Crippen molar-refractivity contribution in [3.05, 3.63) is 29.8 Å². The van der Waals surface area contributed by atoms with E-state index in [9.17, 15) is 9.90 Å². The number of benzene rings is 1. The van der Waals surface area contributed by atoms with Crippen molar-refractivity contribution in [1.29, 1.82) is 0 Å². The number of hydrogen-bond donors (Lipinski definition) is 2. The molecule has 0 aliphatic carbocycles. The van der Waals surface area contributed by atoms with Crippen LogP contribution in [0, 0.1) is 0 Å². The molecule has 0 radical (unpaired) electrons. The normalized spacial score (nSPS) is 17.9. The van der Waals surface area contributed by atoms with E-state index in [0.717, 1.165) is 11.3 Å². The van der Waals surface area contributed by atoms with Crippen molar-refractivity contribution in [3.8, 4) is 5.75 Å². The summed E-state index contributed by atoms with van der Waals surface area (Å²) in [5, 5.41) is 9.45. The Bertz CT molecular complexity index is 439. The molecule has 110 valence electrons. The van der Waals surface area contributed by atoms with Crippen molar-refractivity contribution in [2.75, 3.05) is 20.2 Å². The van der Waals surface area contributed by atoms with E-state index < -0.39 is 6.04 Å². The SMILES string of the molecule is COc1ccc(CC(N)C(=O)N2CCC(O)CC2)cc1. The van der Waals surface area contributed by atoms with Crippen LogP contribution in [0.25, 0.3) is 0 Å². The van der Waals surface area contributed by atoms with Crippen molar-refractivity contribution >= 4 is 5.91 Å². The number of carbonyl (C=O) groups excluding carboxylic acids is 1. The molecule has 2 rings (SSSR count). The van der Waals surface area contributed by atoms with Crippen LogP contribution >= 0.6 is 0 Å². The first-order valence-corrected chi connectivity index (χ1v) is 6.95. The van der Waals surface area contributed by atoms with Crippen LogP contribution in [0.5, 0.6) is 5.75 Å². The lowest BCUT2D eigenvalue weighted by Gasteiger charge is -2.31. The molecule has 0 spiro atoms. The van der Waals surface area contributed by atoms with Gasteiger partial charge in [-0.05, 0) is 37.0 Å². The topological polar surface area (TPSA) is 75.8 Å². The molecule has 1 aliphatic heterocycles. The van der Waals surface area contributed by atoms with E-state index in [-0.39, 0.29) is 12.0 Å². The number of aliphatic hydroxyl groups is 1. The van der Waals surface area contributed by atoms with E-state index in [1.54, 1.807) is 12.0 Å². The van der Waals surface area contributed by atoms with Crippen LogP contribution in [-0.4, -0.2) is 48.3 Å². The number of hydrogen-bond acceptors (Lipinski definition) is 4. The Kier molecular flexibility index (Phi) is 4.98. The fourth-order valence-corrected chi connectivity index (χ4v) is 2.42. The summed E-state index contributed by atoms with van der Waals surface area (Å²) < 4.78 is 5.10. The number of aliphatic hydroxyl groups excluding tert-OH is 1. The first-order valence-electron chi connectivity index (χ1n) is 6.95. The molecule has 1 atom stereocenters. The van der Waals surface area contributed by atoms with Gasteiger partial charge in [-0.2, -0.15) is 0 Å². The number of likely N-dealkylation sites (tertiary alicyclic amines) is 1. The summed E-state index contributed by atoms with van der Waals surface area (Å²) in [4.78, 5) is 14.0. The molecule has 1 heterocycles. The number of ether oxygens (including phenoxy) is 1. The molecule has 3 N–H and O–H groups in total. The Morgan fingerprint density at radius 3 is 2.55 bits per heavy atom. The lowest BCUT2D eigenvalue weighted by molar-refractivity contribution is -0.134. The van der Waals surface area contributed by atoms with E-state index in [0.29, 0.717) is 32.4 Å². The molecular weight excluding hydrogens is 256 g/mol. The molecular formula is C15H22N2O3. The predicted molar refractivity (Wildman–Crippen MR) is 76.5 cm³/mol. The van der Waals surface area contributed by atoms with E-state index in [4.69, 9.17) is 10.5 Å². The molecule has 20 heavy (non-hydrogen) atoms. The second kappa shape index (κ2) is 6.72. The van der Waals surface area contributed by atoms with Gasteiger partial charge >= 0.3 is 0 Å². The number of methoxy groups -OCH3 is 1. The van der Waals surface area contributed by atoms with Gasteiger partial charge in [0.25, 0.3) is 0 Å². The maximum Gasteiger partial charge on any atom is 0.239 e. The standard InChI is InChI=1S/C15H22N2O3/c1-20-13-4-2-11(3-5-13)10-14(16)15(19)17-8-6-12(18)7-9-17/h2-5,12,14,18H,6-10,16H2,1H3. The summed E-state index contributed by atoms with van der Waals surface area (Å²) in [5.41, 5.74) is 7.02. The molecule has 5 nitrogen and oxygen atoms in total. The minimum Gasteiger partial charge on any atom is -0.497 e. The fourth-order valence-electron chi connectivity index (χ4n) is 2.42. The summed E-state index contributed by atoms with van der Waals surface area (Å²) in [6.45, 7) is 1.19. The Morgan fingerprint density at radius 1 is 1.40 bits per heavy atom. The van der Waals surface area contributed by atoms with Crippen LogP contribution in [0.3, 0.4) is 0 Å². The highest BCUT2D eigenvalue weighted by atomic mass is 16.5. The summed E-state index contributed by atoms with van der Waals surface area (Å²) >= 11 is 0. The molecule has 5 heteroatoms. The van der Waals surface area contributed by atoms with E-state index >= 15 is 0 Å². The van der Waals surface area contributed by atoms with E-state index in [1.165, 1.54) is 0 Å². The minimum atomic E-state index is -0.529. The van der Waals surface area contributed by atoms with Gasteiger partial charge in [0, 0.05) is 13.1 Å². The smallest absolute Gasteiger partial charge is 0.239 e. The van der Waals surface area contributed by atoms with Crippen molar-refractivity contribution < 1.29 is 14.6 Å². The third-order valence-electron chi connectivity index (χ3n) is 3.71. The molecule has 1 aliphatic rings. The summed E-state index contributed by atoms with van der Waals surface area (Å²) in [7, 11) is 1.62. The fraction of sp³-hybridized carbons (Fsp3) is 0.533. The maximum atomic E-state index is 12.2. The number of nitrogens with zero attached hydrogens (tertiary/aromatic N) is 1. The number of amides is 1. The van der Waals surface area contributed by atoms with Gasteiger partial charge in [-0.3, -0.25) is 4.79 Å². The zero-order valence-corrected chi connectivity index (χ0v) is 11.8. The van der Waals surface area contributed by atoms with Gasteiger partial charge < -0.3 is 20.5 Å². The Balaban J connectivity index is 1.89. The maximum absolute atomic E-state index is 12.2. The second-order valence-corrected chi connectivity index (χ2v) is 5.22. The van der Waals surface area contributed by atoms with Crippen molar-refractivity contribution in [2.45, 2.75) is 31.4 Å². The molecule has 0 aromatic heterocycles. The van der Waals surface area contributed by atoms with Crippen LogP contribution in [0.1, 0.15) is 18.4 Å². The quantitative estimate of drug-likeness (QED) is 0.843. The molecule has 1 aromatic rings. The zero-order chi connectivity index (χ0) is 14.5. The average molecular weight is 278 g/mol. The Morgan fingerprint density at radius 2 is 2.00 bits per heavy atom. The van der Waals surface area contributed by atoms with E-state index in [2.05, 4.69) is 0 Å². The number of piperidine rings is 1. The molecule has 1 unspecified atom stereocenters. The van der Waals surface area contributed by atoms with Crippen molar-refractivity contribution in [1.82, 2.24) is 4.90 Å². The zero-order valence-electron chi connectivity index (χ0n) is 11.8. The first-order chi connectivity index (χ1) is 9.60. The average Bonchev–Trinajstić information content (AvgIpc) is 2.48. The predicted octanol–water partition coefficient (Wildman–Crippen LogP) is 0.548. The van der Waals surface area contributed by atoms with Gasteiger partial charge in [0.2, 0.25) is 5.91 Å². The summed E-state index contributed by atoms with van der Waals surface area (Å²) in [5.74, 6) is 0.756. The van der Waals surface area contributed by atoms with Crippen LogP contribution in [0.15, 0.2) is 24.3 Å². The van der Waals surface area contributed by atoms with Gasteiger partial charge in [-0.1, -0.05) is 12.1 Å². The highest BCUT2D eigenvalue weighted by molar-refractivity contribution is 5.82. The Hall–Kier alpha value is -1.59. The minimum absolute atomic E-state index is 0.0345. The third-order valence-corrected chi connectivity index (χ3v) is 3.71. The number of nitrogens with two attached hydrogens (primary N) is 1. The van der Waals surface area contributed by atoms with Crippen LogP contribution in [-0.2, 0) is 11.2 Å². The highest BCUT2D eigenvalue weighted by Crippen LogP contribution is 2.15. The van der Waals surface area contributed by atoms with Gasteiger partial charge in [-0.15, -0.1) is 0 Å². The first kappa shape index (κ1) is 14.8. The molecule has 1 amide bonds. The molecule has 0 bridgehead atoms. The monoisotopic (exact) mass is 278 g/mol. The third kappa shape index (κ3) is 3.71. The van der Waals surface area contributed by atoms with Crippen molar-refractivity contribution in [2.24, 2.45) is 5.73 Å². The van der Waals surface area contributed by atoms with Gasteiger partial charge in [0.05, 0.1) is 19.3 Å². The number of rotatable bonds is 4.